The molecule has 0 aliphatic carbocycles. The third kappa shape index (κ3) is 2.69. The van der Waals surface area contributed by atoms with Gasteiger partial charge in [-0.05, 0) is 38.8 Å². The van der Waals surface area contributed by atoms with E-state index in [4.69, 9.17) is 4.74 Å². The van der Waals surface area contributed by atoms with Crippen LogP contribution in [-0.4, -0.2) is 42.6 Å². The predicted octanol–water partition coefficient (Wildman–Crippen LogP) is 2.92. The number of para-hydroxylation sites is 1. The summed E-state index contributed by atoms with van der Waals surface area (Å²) in [4.78, 5) is 28.5. The molecular weight excluding hydrogens is 292 g/mol. The van der Waals surface area contributed by atoms with Crippen molar-refractivity contribution in [1.29, 1.82) is 0 Å². The van der Waals surface area contributed by atoms with Crippen molar-refractivity contribution >= 4 is 17.7 Å². The van der Waals surface area contributed by atoms with Gasteiger partial charge in [0.2, 0.25) is 5.91 Å². The van der Waals surface area contributed by atoms with Gasteiger partial charge in [-0.25, -0.2) is 4.79 Å². The van der Waals surface area contributed by atoms with Gasteiger partial charge in [-0.3, -0.25) is 4.79 Å². The number of rotatable bonds is 0. The molecule has 1 saturated heterocycles. The lowest BCUT2D eigenvalue weighted by atomic mass is 9.82. The smallest absolute Gasteiger partial charge is 0.410 e. The molecule has 1 fully saturated rings. The molecule has 2 heterocycles. The van der Waals surface area contributed by atoms with Crippen LogP contribution >= 0.6 is 0 Å². The second kappa shape index (κ2) is 5.25. The largest absolute Gasteiger partial charge is 0.444 e. The van der Waals surface area contributed by atoms with E-state index in [1.165, 1.54) is 0 Å². The minimum absolute atomic E-state index is 0.0566. The van der Waals surface area contributed by atoms with E-state index in [9.17, 15) is 9.59 Å². The van der Waals surface area contributed by atoms with Crippen LogP contribution in [0.4, 0.5) is 10.5 Å². The van der Waals surface area contributed by atoms with Crippen LogP contribution < -0.4 is 4.90 Å². The molecule has 0 N–H and O–H groups in total. The number of ether oxygens (including phenoxy) is 1. The molecule has 0 aromatic heterocycles. The molecule has 1 aromatic carbocycles. The summed E-state index contributed by atoms with van der Waals surface area (Å²) in [6.07, 6.45) is -0.337. The number of carbonyl (C=O) groups is 2. The summed E-state index contributed by atoms with van der Waals surface area (Å²) in [6.45, 7) is 8.54. The lowest BCUT2D eigenvalue weighted by molar-refractivity contribution is -0.122. The van der Waals surface area contributed by atoms with E-state index in [0.29, 0.717) is 13.1 Å². The zero-order chi connectivity index (χ0) is 16.9. The molecule has 2 aliphatic heterocycles. The van der Waals surface area contributed by atoms with Gasteiger partial charge < -0.3 is 14.5 Å². The topological polar surface area (TPSA) is 49.9 Å². The van der Waals surface area contributed by atoms with Crippen LogP contribution in [0.25, 0.3) is 0 Å². The molecule has 5 nitrogen and oxygen atoms in total. The van der Waals surface area contributed by atoms with Gasteiger partial charge in [-0.15, -0.1) is 0 Å². The Labute approximate surface area is 137 Å². The maximum atomic E-state index is 12.7. The van der Waals surface area contributed by atoms with Gasteiger partial charge in [0.25, 0.3) is 0 Å². The van der Waals surface area contributed by atoms with Gasteiger partial charge in [0, 0.05) is 31.7 Å². The second-order valence-electron chi connectivity index (χ2n) is 7.51. The fraction of sp³-hybridized carbons (Fsp3) is 0.556. The number of carbonyl (C=O) groups excluding carboxylic acids is 2. The van der Waals surface area contributed by atoms with Crippen LogP contribution in [0.5, 0.6) is 0 Å². The van der Waals surface area contributed by atoms with Crippen molar-refractivity contribution in [1.82, 2.24) is 4.90 Å². The maximum absolute atomic E-state index is 12.7. The molecule has 2 aliphatic rings. The summed E-state index contributed by atoms with van der Waals surface area (Å²) in [7, 11) is 1.82. The Hall–Kier alpha value is -2.04. The van der Waals surface area contributed by atoms with Gasteiger partial charge in [-0.1, -0.05) is 18.2 Å². The van der Waals surface area contributed by atoms with Crippen molar-refractivity contribution in [3.8, 4) is 0 Å². The summed E-state index contributed by atoms with van der Waals surface area (Å²) in [5, 5.41) is 0. The fourth-order valence-electron chi connectivity index (χ4n) is 3.64. The summed E-state index contributed by atoms with van der Waals surface area (Å²) < 4.78 is 5.46. The number of hydrogen-bond acceptors (Lipinski definition) is 3. The number of fused-ring (bicyclic) bond motifs is 3. The first-order valence-corrected chi connectivity index (χ1v) is 8.04. The van der Waals surface area contributed by atoms with Gasteiger partial charge in [0.15, 0.2) is 0 Å². The standard InChI is InChI=1S/C18H24N2O3/c1-11-7-6-8-12-13-9-20(17(22)23-18(2,3)4)10-14(13)16(21)19(5)15(11)12/h6-8,13-14H,9-10H2,1-5H3. The normalized spacial score (nSPS) is 23.6. The van der Waals surface area contributed by atoms with Crippen molar-refractivity contribution in [3.63, 3.8) is 0 Å². The second-order valence-corrected chi connectivity index (χ2v) is 7.51. The molecule has 124 valence electrons. The number of amides is 2. The first-order valence-electron chi connectivity index (χ1n) is 8.04. The molecule has 2 unspecified atom stereocenters. The van der Waals surface area contributed by atoms with Crippen molar-refractivity contribution < 1.29 is 14.3 Å². The van der Waals surface area contributed by atoms with E-state index in [1.807, 2.05) is 46.9 Å². The molecule has 1 aromatic rings. The van der Waals surface area contributed by atoms with Crippen molar-refractivity contribution in [2.24, 2.45) is 5.92 Å². The highest BCUT2D eigenvalue weighted by molar-refractivity contribution is 6.00. The number of likely N-dealkylation sites (tertiary alicyclic amines) is 1. The molecule has 0 spiro atoms. The number of benzene rings is 1. The molecule has 5 heteroatoms. The van der Waals surface area contributed by atoms with Gasteiger partial charge in [0.05, 0.1) is 5.92 Å². The number of nitrogens with zero attached hydrogens (tertiary/aromatic N) is 2. The molecular formula is C18H24N2O3. The quantitative estimate of drug-likeness (QED) is 0.739. The Balaban J connectivity index is 1.91. The Morgan fingerprint density at radius 3 is 2.52 bits per heavy atom. The number of anilines is 1. The van der Waals surface area contributed by atoms with Crippen molar-refractivity contribution in [2.45, 2.75) is 39.2 Å². The third-order valence-electron chi connectivity index (χ3n) is 4.62. The van der Waals surface area contributed by atoms with Crippen LogP contribution in [0.2, 0.25) is 0 Å². The Kier molecular flexibility index (Phi) is 3.62. The maximum Gasteiger partial charge on any atom is 0.410 e. The average molecular weight is 316 g/mol. The first-order chi connectivity index (χ1) is 10.7. The Bertz CT molecular complexity index is 663. The predicted molar refractivity (Wildman–Crippen MR) is 88.6 cm³/mol. The zero-order valence-electron chi connectivity index (χ0n) is 14.4. The van der Waals surface area contributed by atoms with Crippen LogP contribution in [0.1, 0.15) is 37.8 Å². The van der Waals surface area contributed by atoms with Gasteiger partial charge in [-0.2, -0.15) is 0 Å². The van der Waals surface area contributed by atoms with Crippen LogP contribution in [0.3, 0.4) is 0 Å². The molecule has 2 amide bonds. The minimum atomic E-state index is -0.528. The summed E-state index contributed by atoms with van der Waals surface area (Å²) in [6, 6.07) is 6.11. The molecule has 2 atom stereocenters. The monoisotopic (exact) mass is 316 g/mol. The van der Waals surface area contributed by atoms with Crippen molar-refractivity contribution in [3.05, 3.63) is 29.3 Å². The molecule has 3 rings (SSSR count). The minimum Gasteiger partial charge on any atom is -0.444 e. The lowest BCUT2D eigenvalue weighted by Gasteiger charge is -2.34. The van der Waals surface area contributed by atoms with Crippen LogP contribution in [0, 0.1) is 12.8 Å². The third-order valence-corrected chi connectivity index (χ3v) is 4.62. The van der Waals surface area contributed by atoms with E-state index in [0.717, 1.165) is 16.8 Å². The van der Waals surface area contributed by atoms with Gasteiger partial charge in [0.1, 0.15) is 5.60 Å². The summed E-state index contributed by atoms with van der Waals surface area (Å²) in [5.41, 5.74) is 2.71. The van der Waals surface area contributed by atoms with Crippen LogP contribution in [0.15, 0.2) is 18.2 Å². The molecule has 0 bridgehead atoms. The first kappa shape index (κ1) is 15.8. The lowest BCUT2D eigenvalue weighted by Crippen LogP contribution is -2.41. The van der Waals surface area contributed by atoms with Crippen LogP contribution in [-0.2, 0) is 9.53 Å². The fourth-order valence-corrected chi connectivity index (χ4v) is 3.64. The number of aryl methyl sites for hydroxylation is 1. The average Bonchev–Trinajstić information content (AvgIpc) is 2.88. The summed E-state index contributed by atoms with van der Waals surface area (Å²) in [5.74, 6) is -0.0363. The number of hydrogen-bond donors (Lipinski definition) is 0. The van der Waals surface area contributed by atoms with Crippen molar-refractivity contribution in [2.75, 3.05) is 25.0 Å². The zero-order valence-corrected chi connectivity index (χ0v) is 14.4. The Morgan fingerprint density at radius 2 is 1.87 bits per heavy atom. The summed E-state index contributed by atoms with van der Waals surface area (Å²) >= 11 is 0. The molecule has 0 saturated carbocycles. The molecule has 0 radical (unpaired) electrons. The molecule has 23 heavy (non-hydrogen) atoms. The van der Waals surface area contributed by atoms with Gasteiger partial charge >= 0.3 is 6.09 Å². The van der Waals surface area contributed by atoms with E-state index in [2.05, 4.69) is 6.07 Å². The highest BCUT2D eigenvalue weighted by Gasteiger charge is 2.47. The Morgan fingerprint density at radius 1 is 1.22 bits per heavy atom. The van der Waals surface area contributed by atoms with E-state index in [1.54, 1.807) is 9.80 Å². The van der Waals surface area contributed by atoms with E-state index in [-0.39, 0.29) is 23.8 Å². The van der Waals surface area contributed by atoms with E-state index >= 15 is 0 Å². The SMILES string of the molecule is Cc1cccc2c1N(C)C(=O)C1CN(C(=O)OC(C)(C)C)CC21. The highest BCUT2D eigenvalue weighted by Crippen LogP contribution is 2.44. The van der Waals surface area contributed by atoms with E-state index < -0.39 is 5.60 Å². The highest BCUT2D eigenvalue weighted by atomic mass is 16.6.